The Hall–Kier alpha value is -1.42. The molecule has 0 spiro atoms. The average molecular weight is 193 g/mol. The summed E-state index contributed by atoms with van der Waals surface area (Å²) in [6, 6.07) is 7.03. The van der Waals surface area contributed by atoms with Crippen molar-refractivity contribution in [1.29, 1.82) is 0 Å². The van der Waals surface area contributed by atoms with E-state index in [2.05, 4.69) is 0 Å². The Bertz CT molecular complexity index is 377. The molecule has 0 heterocycles. The van der Waals surface area contributed by atoms with Crippen LogP contribution in [0.15, 0.2) is 24.3 Å². The zero-order valence-corrected chi connectivity index (χ0v) is 7.64. The number of fused-ring (bicyclic) bond motifs is 1. The van der Waals surface area contributed by atoms with Gasteiger partial charge in [0.25, 0.3) is 0 Å². The molecule has 0 aromatic heterocycles. The van der Waals surface area contributed by atoms with E-state index in [1.165, 1.54) is 0 Å². The normalized spacial score (nSPS) is 25.5. The van der Waals surface area contributed by atoms with Crippen LogP contribution >= 0.6 is 0 Å². The molecular formula is C10H11NO3. The number of nitro groups is 1. The summed E-state index contributed by atoms with van der Waals surface area (Å²) in [5, 5.41) is 20.7. The van der Waals surface area contributed by atoms with Crippen LogP contribution in [0.2, 0.25) is 0 Å². The first kappa shape index (κ1) is 9.15. The van der Waals surface area contributed by atoms with Crippen LogP contribution in [0.3, 0.4) is 0 Å². The summed E-state index contributed by atoms with van der Waals surface area (Å²) in [6.45, 7) is 0. The largest absolute Gasteiger partial charge is 0.349 e. The highest BCUT2D eigenvalue weighted by Crippen LogP contribution is 2.35. The fourth-order valence-corrected chi connectivity index (χ4v) is 1.98. The number of aryl methyl sites for hydroxylation is 1. The molecule has 2 rings (SSSR count). The third-order valence-corrected chi connectivity index (χ3v) is 2.72. The molecule has 14 heavy (non-hydrogen) atoms. The van der Waals surface area contributed by atoms with Gasteiger partial charge in [-0.3, -0.25) is 10.1 Å². The molecule has 1 aliphatic rings. The third-order valence-electron chi connectivity index (χ3n) is 2.72. The van der Waals surface area contributed by atoms with Crippen molar-refractivity contribution in [2.24, 2.45) is 0 Å². The summed E-state index contributed by atoms with van der Waals surface area (Å²) >= 11 is 0. The Kier molecular flexibility index (Phi) is 2.00. The number of hydrogen-bond acceptors (Lipinski definition) is 3. The summed E-state index contributed by atoms with van der Waals surface area (Å²) in [7, 11) is 0. The topological polar surface area (TPSA) is 63.4 Å². The first-order valence-corrected chi connectivity index (χ1v) is 4.60. The Morgan fingerprint density at radius 1 is 1.43 bits per heavy atom. The summed E-state index contributed by atoms with van der Waals surface area (Å²) in [4.78, 5) is 10.2. The molecule has 0 radical (unpaired) electrons. The molecule has 1 aromatic carbocycles. The van der Waals surface area contributed by atoms with Gasteiger partial charge in [0.2, 0.25) is 0 Å². The Morgan fingerprint density at radius 2 is 2.14 bits per heavy atom. The molecule has 1 aromatic rings. The van der Waals surface area contributed by atoms with Gasteiger partial charge in [-0.25, -0.2) is 0 Å². The molecule has 0 saturated heterocycles. The quantitative estimate of drug-likeness (QED) is 0.417. The van der Waals surface area contributed by atoms with Crippen LogP contribution in [-0.4, -0.2) is 10.0 Å². The van der Waals surface area contributed by atoms with Crippen LogP contribution in [0.5, 0.6) is 0 Å². The number of hydrogen-bond donors (Lipinski definition) is 1. The monoisotopic (exact) mass is 193 g/mol. The van der Waals surface area contributed by atoms with E-state index in [9.17, 15) is 15.2 Å². The molecule has 0 bridgehead atoms. The molecule has 4 heteroatoms. The molecule has 74 valence electrons. The highest BCUT2D eigenvalue weighted by Gasteiger charge is 2.45. The van der Waals surface area contributed by atoms with E-state index in [-0.39, 0.29) is 6.42 Å². The third kappa shape index (κ3) is 1.19. The number of aliphatic hydroxyl groups is 1. The summed E-state index contributed by atoms with van der Waals surface area (Å²) < 4.78 is 0. The molecule has 4 nitrogen and oxygen atoms in total. The standard InChI is InChI=1S/C10H11NO3/c12-10(11(13)14)7-3-5-8-4-1-2-6-9(8)10/h1-2,4,6,12H,3,5,7H2. The molecule has 1 aliphatic carbocycles. The van der Waals surface area contributed by atoms with Crippen LogP contribution in [-0.2, 0) is 12.1 Å². The van der Waals surface area contributed by atoms with Crippen LogP contribution < -0.4 is 0 Å². The second-order valence-electron chi connectivity index (χ2n) is 3.58. The summed E-state index contributed by atoms with van der Waals surface area (Å²) in [5.41, 5.74) is -0.524. The molecule has 0 amide bonds. The summed E-state index contributed by atoms with van der Waals surface area (Å²) in [6.07, 6.45) is 1.68. The molecular weight excluding hydrogens is 182 g/mol. The van der Waals surface area contributed by atoms with Gasteiger partial charge in [0.1, 0.15) is 0 Å². The zero-order valence-electron chi connectivity index (χ0n) is 7.64. The van der Waals surface area contributed by atoms with E-state index in [1.54, 1.807) is 12.1 Å². The van der Waals surface area contributed by atoms with Crippen LogP contribution in [0.4, 0.5) is 0 Å². The molecule has 0 aliphatic heterocycles. The maximum Gasteiger partial charge on any atom is 0.349 e. The van der Waals surface area contributed by atoms with Gasteiger partial charge in [-0.1, -0.05) is 18.2 Å². The smallest absolute Gasteiger partial charge is 0.327 e. The second kappa shape index (κ2) is 3.06. The summed E-state index contributed by atoms with van der Waals surface area (Å²) in [5.74, 6) is 0. The maximum atomic E-state index is 10.8. The minimum Gasteiger partial charge on any atom is -0.327 e. The van der Waals surface area contributed by atoms with E-state index in [4.69, 9.17) is 0 Å². The Morgan fingerprint density at radius 3 is 2.86 bits per heavy atom. The van der Waals surface area contributed by atoms with Gasteiger partial charge in [-0.2, -0.15) is 0 Å². The fraction of sp³-hybridized carbons (Fsp3) is 0.400. The SMILES string of the molecule is O=[N+]([O-])C1(O)CCCc2ccccc21. The highest BCUT2D eigenvalue weighted by atomic mass is 16.7. The maximum absolute atomic E-state index is 10.8. The first-order valence-electron chi connectivity index (χ1n) is 4.60. The lowest BCUT2D eigenvalue weighted by Gasteiger charge is -2.26. The van der Waals surface area contributed by atoms with Crippen LogP contribution in [0, 0.1) is 10.1 Å². The van der Waals surface area contributed by atoms with Crippen LogP contribution in [0.25, 0.3) is 0 Å². The van der Waals surface area contributed by atoms with Gasteiger partial charge in [0.05, 0.1) is 16.9 Å². The van der Waals surface area contributed by atoms with Gasteiger partial charge in [-0.05, 0) is 24.5 Å². The lowest BCUT2D eigenvalue weighted by atomic mass is 9.85. The van der Waals surface area contributed by atoms with Crippen molar-refractivity contribution in [3.05, 3.63) is 45.5 Å². The van der Waals surface area contributed by atoms with E-state index in [0.717, 1.165) is 12.0 Å². The lowest BCUT2D eigenvalue weighted by Crippen LogP contribution is -2.38. The van der Waals surface area contributed by atoms with Crippen molar-refractivity contribution in [3.63, 3.8) is 0 Å². The van der Waals surface area contributed by atoms with Gasteiger partial charge in [0, 0.05) is 0 Å². The van der Waals surface area contributed by atoms with Gasteiger partial charge in [-0.15, -0.1) is 0 Å². The molecule has 1 N–H and O–H groups in total. The highest BCUT2D eigenvalue weighted by molar-refractivity contribution is 5.32. The minimum atomic E-state index is -1.87. The van der Waals surface area contributed by atoms with Crippen molar-refractivity contribution < 1.29 is 10.0 Å². The van der Waals surface area contributed by atoms with Crippen molar-refractivity contribution in [1.82, 2.24) is 0 Å². The molecule has 1 atom stereocenters. The minimum absolute atomic E-state index is 0.205. The Labute approximate surface area is 81.3 Å². The van der Waals surface area contributed by atoms with Gasteiger partial charge < -0.3 is 5.11 Å². The number of benzene rings is 1. The molecule has 1 unspecified atom stereocenters. The lowest BCUT2D eigenvalue weighted by molar-refractivity contribution is -0.638. The molecule has 0 saturated carbocycles. The first-order chi connectivity index (χ1) is 6.64. The van der Waals surface area contributed by atoms with E-state index >= 15 is 0 Å². The number of rotatable bonds is 1. The number of nitrogens with zero attached hydrogens (tertiary/aromatic N) is 1. The zero-order chi connectivity index (χ0) is 10.2. The van der Waals surface area contributed by atoms with Crippen molar-refractivity contribution in [2.45, 2.75) is 25.0 Å². The Balaban J connectivity index is 2.55. The fourth-order valence-electron chi connectivity index (χ4n) is 1.98. The van der Waals surface area contributed by atoms with E-state index < -0.39 is 10.6 Å². The van der Waals surface area contributed by atoms with Crippen molar-refractivity contribution in [2.75, 3.05) is 0 Å². The van der Waals surface area contributed by atoms with Crippen LogP contribution in [0.1, 0.15) is 24.0 Å². The average Bonchev–Trinajstić information content (AvgIpc) is 2.18. The van der Waals surface area contributed by atoms with E-state index in [0.29, 0.717) is 12.0 Å². The van der Waals surface area contributed by atoms with Gasteiger partial charge >= 0.3 is 5.72 Å². The predicted octanol–water partition coefficient (Wildman–Crippen LogP) is 1.44. The second-order valence-corrected chi connectivity index (χ2v) is 3.58. The van der Waals surface area contributed by atoms with Crippen molar-refractivity contribution >= 4 is 0 Å². The predicted molar refractivity (Wildman–Crippen MR) is 50.3 cm³/mol. The van der Waals surface area contributed by atoms with Gasteiger partial charge in [0.15, 0.2) is 0 Å². The van der Waals surface area contributed by atoms with E-state index in [1.807, 2.05) is 12.1 Å². The molecule has 0 fully saturated rings. The van der Waals surface area contributed by atoms with Crippen molar-refractivity contribution in [3.8, 4) is 0 Å².